The maximum atomic E-state index is 5.38. The number of hydrogen-bond donors (Lipinski definition) is 2. The number of fused-ring (bicyclic) bond motifs is 1. The topological polar surface area (TPSA) is 49.9 Å². The van der Waals surface area contributed by atoms with Gasteiger partial charge in [-0.15, -0.1) is 0 Å². The van der Waals surface area contributed by atoms with Gasteiger partial charge < -0.3 is 15.0 Å². The van der Waals surface area contributed by atoms with Gasteiger partial charge in [-0.1, -0.05) is 20.8 Å². The van der Waals surface area contributed by atoms with Gasteiger partial charge in [0.1, 0.15) is 5.82 Å². The highest BCUT2D eigenvalue weighted by atomic mass is 16.5. The van der Waals surface area contributed by atoms with Crippen LogP contribution in [0.15, 0.2) is 18.2 Å². The van der Waals surface area contributed by atoms with Crippen molar-refractivity contribution in [3.63, 3.8) is 0 Å². The van der Waals surface area contributed by atoms with Crippen LogP contribution in [0.3, 0.4) is 0 Å². The molecule has 1 atom stereocenters. The molecule has 0 spiro atoms. The Bertz CT molecular complexity index is 577. The predicted molar refractivity (Wildman–Crippen MR) is 77.6 cm³/mol. The van der Waals surface area contributed by atoms with Gasteiger partial charge in [0, 0.05) is 17.7 Å². The van der Waals surface area contributed by atoms with Gasteiger partial charge in [0.05, 0.1) is 23.7 Å². The van der Waals surface area contributed by atoms with Crippen LogP contribution < -0.4 is 5.32 Å². The van der Waals surface area contributed by atoms with Gasteiger partial charge in [0.15, 0.2) is 0 Å². The smallest absolute Gasteiger partial charge is 0.112 e. The molecule has 0 bridgehead atoms. The van der Waals surface area contributed by atoms with Gasteiger partial charge in [-0.05, 0) is 24.6 Å². The Morgan fingerprint density at radius 3 is 2.89 bits per heavy atom. The lowest BCUT2D eigenvalue weighted by atomic mass is 9.96. The van der Waals surface area contributed by atoms with Gasteiger partial charge in [-0.3, -0.25) is 0 Å². The van der Waals surface area contributed by atoms with Gasteiger partial charge in [0.2, 0.25) is 0 Å². The monoisotopic (exact) mass is 259 g/mol. The van der Waals surface area contributed by atoms with E-state index in [0.717, 1.165) is 42.2 Å². The number of benzene rings is 1. The van der Waals surface area contributed by atoms with Crippen molar-refractivity contribution in [3.8, 4) is 0 Å². The summed E-state index contributed by atoms with van der Waals surface area (Å²) in [6.45, 7) is 8.16. The molecule has 0 amide bonds. The Morgan fingerprint density at radius 1 is 1.37 bits per heavy atom. The molecule has 1 aliphatic heterocycles. The second-order valence-corrected chi connectivity index (χ2v) is 6.27. The van der Waals surface area contributed by atoms with Crippen molar-refractivity contribution < 1.29 is 4.74 Å². The van der Waals surface area contributed by atoms with Crippen molar-refractivity contribution in [2.24, 2.45) is 0 Å². The van der Waals surface area contributed by atoms with Crippen LogP contribution in [0.25, 0.3) is 11.0 Å². The van der Waals surface area contributed by atoms with E-state index in [0.29, 0.717) is 6.04 Å². The minimum atomic E-state index is 0.0475. The van der Waals surface area contributed by atoms with Crippen LogP contribution in [-0.2, 0) is 10.2 Å². The van der Waals surface area contributed by atoms with E-state index in [4.69, 9.17) is 4.74 Å². The van der Waals surface area contributed by atoms with E-state index in [1.165, 1.54) is 0 Å². The summed E-state index contributed by atoms with van der Waals surface area (Å²) in [5.41, 5.74) is 3.30. The molecule has 0 saturated carbocycles. The van der Waals surface area contributed by atoms with E-state index < -0.39 is 0 Å². The quantitative estimate of drug-likeness (QED) is 0.871. The number of H-pyrrole nitrogens is 1. The zero-order valence-corrected chi connectivity index (χ0v) is 11.8. The Morgan fingerprint density at radius 2 is 2.21 bits per heavy atom. The lowest BCUT2D eigenvalue weighted by Gasteiger charge is -2.13. The Hall–Kier alpha value is -1.55. The first-order valence-electron chi connectivity index (χ1n) is 6.87. The first-order chi connectivity index (χ1) is 9.02. The molecule has 0 radical (unpaired) electrons. The molecule has 1 aromatic carbocycles. The summed E-state index contributed by atoms with van der Waals surface area (Å²) >= 11 is 0. The molecule has 1 aromatic heterocycles. The molecule has 1 fully saturated rings. The van der Waals surface area contributed by atoms with Crippen molar-refractivity contribution in [1.82, 2.24) is 9.97 Å². The van der Waals surface area contributed by atoms with Crippen LogP contribution in [0.4, 0.5) is 5.69 Å². The van der Waals surface area contributed by atoms with E-state index in [-0.39, 0.29) is 5.41 Å². The number of hydrogen-bond acceptors (Lipinski definition) is 3. The maximum absolute atomic E-state index is 5.38. The number of aromatic nitrogens is 2. The highest BCUT2D eigenvalue weighted by molar-refractivity contribution is 5.79. The van der Waals surface area contributed by atoms with Crippen molar-refractivity contribution in [2.75, 3.05) is 18.5 Å². The normalized spacial score (nSPS) is 20.1. The summed E-state index contributed by atoms with van der Waals surface area (Å²) in [6.07, 6.45) is 1.08. The van der Waals surface area contributed by atoms with E-state index in [2.05, 4.69) is 54.3 Å². The Kier molecular flexibility index (Phi) is 2.97. The lowest BCUT2D eigenvalue weighted by molar-refractivity contribution is 0.195. The highest BCUT2D eigenvalue weighted by Gasteiger charge is 2.19. The summed E-state index contributed by atoms with van der Waals surface area (Å²) < 4.78 is 5.38. The zero-order chi connectivity index (χ0) is 13.5. The molecular weight excluding hydrogens is 238 g/mol. The fraction of sp³-hybridized carbons (Fsp3) is 0.533. The standard InChI is InChI=1S/C15H21N3O/c1-15(2,3)14-17-12-5-4-10(8-13(12)18-14)16-11-6-7-19-9-11/h4-5,8,11,16H,6-7,9H2,1-3H3,(H,17,18). The fourth-order valence-corrected chi connectivity index (χ4v) is 2.34. The number of nitrogens with one attached hydrogen (secondary N) is 2. The van der Waals surface area contributed by atoms with Gasteiger partial charge in [-0.2, -0.15) is 0 Å². The summed E-state index contributed by atoms with van der Waals surface area (Å²) in [4.78, 5) is 8.07. The molecule has 2 N–H and O–H groups in total. The summed E-state index contributed by atoms with van der Waals surface area (Å²) in [5.74, 6) is 1.03. The van der Waals surface area contributed by atoms with Crippen molar-refractivity contribution >= 4 is 16.7 Å². The van der Waals surface area contributed by atoms with Crippen LogP contribution in [0, 0.1) is 0 Å². The zero-order valence-electron chi connectivity index (χ0n) is 11.8. The third-order valence-corrected chi connectivity index (χ3v) is 3.49. The molecule has 1 aliphatic rings. The SMILES string of the molecule is CC(C)(C)c1nc2ccc(NC3CCOC3)cc2[nH]1. The number of imidazole rings is 1. The molecule has 3 rings (SSSR count). The average molecular weight is 259 g/mol. The van der Waals surface area contributed by atoms with Crippen LogP contribution in [-0.4, -0.2) is 29.2 Å². The second-order valence-electron chi connectivity index (χ2n) is 6.27. The minimum Gasteiger partial charge on any atom is -0.380 e. The number of anilines is 1. The number of aromatic amines is 1. The molecule has 102 valence electrons. The molecule has 1 unspecified atom stereocenters. The Balaban J connectivity index is 1.87. The third kappa shape index (κ3) is 2.59. The Labute approximate surface area is 113 Å². The molecule has 19 heavy (non-hydrogen) atoms. The molecule has 4 heteroatoms. The largest absolute Gasteiger partial charge is 0.380 e. The van der Waals surface area contributed by atoms with Crippen LogP contribution in [0.5, 0.6) is 0 Å². The van der Waals surface area contributed by atoms with Crippen molar-refractivity contribution in [3.05, 3.63) is 24.0 Å². The predicted octanol–water partition coefficient (Wildman–Crippen LogP) is 3.06. The molecule has 2 aromatic rings. The number of nitrogens with zero attached hydrogens (tertiary/aromatic N) is 1. The first-order valence-corrected chi connectivity index (χ1v) is 6.87. The highest BCUT2D eigenvalue weighted by Crippen LogP contribution is 2.25. The van der Waals surface area contributed by atoms with Crippen molar-refractivity contribution in [2.45, 2.75) is 38.6 Å². The summed E-state index contributed by atoms with van der Waals surface area (Å²) in [6, 6.07) is 6.73. The lowest BCUT2D eigenvalue weighted by Crippen LogP contribution is -2.18. The van der Waals surface area contributed by atoms with Gasteiger partial charge in [0.25, 0.3) is 0 Å². The molecule has 4 nitrogen and oxygen atoms in total. The van der Waals surface area contributed by atoms with Crippen LogP contribution in [0.2, 0.25) is 0 Å². The molecule has 2 heterocycles. The van der Waals surface area contributed by atoms with Gasteiger partial charge >= 0.3 is 0 Å². The molecular formula is C15H21N3O. The summed E-state index contributed by atoms with van der Waals surface area (Å²) in [7, 11) is 0. The van der Waals surface area contributed by atoms with E-state index in [9.17, 15) is 0 Å². The van der Waals surface area contributed by atoms with E-state index >= 15 is 0 Å². The van der Waals surface area contributed by atoms with Gasteiger partial charge in [-0.25, -0.2) is 4.98 Å². The molecule has 1 saturated heterocycles. The maximum Gasteiger partial charge on any atom is 0.112 e. The van der Waals surface area contributed by atoms with Crippen LogP contribution in [0.1, 0.15) is 33.0 Å². The fourth-order valence-electron chi connectivity index (χ4n) is 2.34. The minimum absolute atomic E-state index is 0.0475. The number of ether oxygens (including phenoxy) is 1. The van der Waals surface area contributed by atoms with Crippen molar-refractivity contribution in [1.29, 1.82) is 0 Å². The van der Waals surface area contributed by atoms with Crippen LogP contribution >= 0.6 is 0 Å². The average Bonchev–Trinajstić information content (AvgIpc) is 2.95. The second kappa shape index (κ2) is 4.53. The third-order valence-electron chi connectivity index (χ3n) is 3.49. The van der Waals surface area contributed by atoms with E-state index in [1.54, 1.807) is 0 Å². The number of rotatable bonds is 2. The molecule has 0 aliphatic carbocycles. The van der Waals surface area contributed by atoms with E-state index in [1.807, 2.05) is 0 Å². The summed E-state index contributed by atoms with van der Waals surface area (Å²) in [5, 5.41) is 3.51. The first kappa shape index (κ1) is 12.5.